The zero-order valence-electron chi connectivity index (χ0n) is 17.0. The van der Waals surface area contributed by atoms with Crippen molar-refractivity contribution >= 4 is 23.4 Å². The minimum absolute atomic E-state index is 0.0945. The Balaban J connectivity index is 1.47. The first-order chi connectivity index (χ1) is 13.6. The number of aryl methyl sites for hydroxylation is 1. The molecule has 1 saturated heterocycles. The fraction of sp³-hybridized carbons (Fsp3) is 0.409. The molecule has 0 unspecified atom stereocenters. The van der Waals surface area contributed by atoms with E-state index in [4.69, 9.17) is 4.74 Å². The number of carbonyl (C=O) groups is 1. The highest BCUT2D eigenvalue weighted by molar-refractivity contribution is 7.98. The fourth-order valence-corrected chi connectivity index (χ4v) is 4.22. The van der Waals surface area contributed by atoms with Crippen LogP contribution in [0.4, 0.5) is 5.69 Å². The number of amides is 1. The summed E-state index contributed by atoms with van der Waals surface area (Å²) in [5, 5.41) is 3.04. The zero-order valence-corrected chi connectivity index (χ0v) is 17.8. The molecular weight excluding hydrogens is 370 g/mol. The Morgan fingerprint density at radius 3 is 2.57 bits per heavy atom. The van der Waals surface area contributed by atoms with E-state index in [9.17, 15) is 4.79 Å². The number of hydrogen-bond donors (Lipinski definition) is 3. The number of methoxy groups -OCH3 is 1. The fourth-order valence-electron chi connectivity index (χ4n) is 3.76. The number of rotatable bonds is 7. The summed E-state index contributed by atoms with van der Waals surface area (Å²) in [6.45, 7) is 7.80. The molecule has 3 rings (SSSR count). The van der Waals surface area contributed by atoms with Crippen LogP contribution in [0.2, 0.25) is 0 Å². The van der Waals surface area contributed by atoms with Crippen molar-refractivity contribution in [1.29, 1.82) is 0 Å². The Bertz CT molecular complexity index is 804. The maximum absolute atomic E-state index is 12.4. The predicted molar refractivity (Wildman–Crippen MR) is 115 cm³/mol. The molecule has 6 heteroatoms. The van der Waals surface area contributed by atoms with Crippen molar-refractivity contribution < 1.29 is 19.3 Å². The van der Waals surface area contributed by atoms with Crippen LogP contribution in [0.3, 0.4) is 0 Å². The molecule has 0 radical (unpaired) electrons. The SMILES string of the molecule is COc1ccc(C)cc1C[NH+]1CC[NH+](CC(=O)Nc2cccc(SC)c2)CC1. The monoisotopic (exact) mass is 401 g/mol. The van der Waals surface area contributed by atoms with Gasteiger partial charge in [0.25, 0.3) is 5.91 Å². The van der Waals surface area contributed by atoms with Crippen molar-refractivity contribution in [3.8, 4) is 5.75 Å². The van der Waals surface area contributed by atoms with Crippen molar-refractivity contribution in [3.05, 3.63) is 53.6 Å². The highest BCUT2D eigenvalue weighted by Crippen LogP contribution is 2.19. The van der Waals surface area contributed by atoms with E-state index in [1.54, 1.807) is 23.8 Å². The molecular formula is C22H31N3O2S+2. The normalized spacial score (nSPS) is 19.2. The Kier molecular flexibility index (Phi) is 7.36. The Morgan fingerprint density at radius 1 is 1.11 bits per heavy atom. The topological polar surface area (TPSA) is 47.2 Å². The summed E-state index contributed by atoms with van der Waals surface area (Å²) in [7, 11) is 1.74. The number of benzene rings is 2. The first kappa shape index (κ1) is 20.7. The Labute approximate surface area is 172 Å². The summed E-state index contributed by atoms with van der Waals surface area (Å²) in [6.07, 6.45) is 2.04. The van der Waals surface area contributed by atoms with Crippen LogP contribution in [0, 0.1) is 6.92 Å². The van der Waals surface area contributed by atoms with Gasteiger partial charge in [-0.05, 0) is 43.5 Å². The van der Waals surface area contributed by atoms with Gasteiger partial charge in [0.1, 0.15) is 38.5 Å². The maximum atomic E-state index is 12.4. The van der Waals surface area contributed by atoms with Crippen LogP contribution < -0.4 is 19.9 Å². The second-order valence-electron chi connectivity index (χ2n) is 7.45. The molecule has 2 aromatic rings. The van der Waals surface area contributed by atoms with E-state index >= 15 is 0 Å². The largest absolute Gasteiger partial charge is 0.496 e. The van der Waals surface area contributed by atoms with Crippen LogP contribution >= 0.6 is 11.8 Å². The van der Waals surface area contributed by atoms with Crippen LogP contribution in [0.1, 0.15) is 11.1 Å². The van der Waals surface area contributed by atoms with Crippen molar-refractivity contribution in [1.82, 2.24) is 0 Å². The van der Waals surface area contributed by atoms with Gasteiger partial charge in [-0.1, -0.05) is 17.7 Å². The Morgan fingerprint density at radius 2 is 1.86 bits per heavy atom. The van der Waals surface area contributed by atoms with Crippen molar-refractivity contribution in [2.45, 2.75) is 18.4 Å². The average Bonchev–Trinajstić information content (AvgIpc) is 2.70. The molecule has 0 aliphatic carbocycles. The van der Waals surface area contributed by atoms with Crippen molar-refractivity contribution in [2.24, 2.45) is 0 Å². The smallest absolute Gasteiger partial charge is 0.279 e. The summed E-state index contributed by atoms with van der Waals surface area (Å²) >= 11 is 1.68. The standard InChI is InChI=1S/C22H29N3O2S/c1-17-7-8-21(27-2)18(13-17)15-24-9-11-25(12-10-24)16-22(26)23-19-5-4-6-20(14-19)28-3/h4-8,13-14H,9-12,15-16H2,1-3H3,(H,23,26)/p+2. The van der Waals surface area contributed by atoms with E-state index in [0.717, 1.165) is 49.1 Å². The molecule has 0 spiro atoms. The number of carbonyl (C=O) groups excluding carboxylic acids is 1. The predicted octanol–water partition coefficient (Wildman–Crippen LogP) is 0.648. The van der Waals surface area contributed by atoms with Gasteiger partial charge < -0.3 is 19.9 Å². The van der Waals surface area contributed by atoms with Crippen molar-refractivity contribution in [3.63, 3.8) is 0 Å². The van der Waals surface area contributed by atoms with E-state index in [-0.39, 0.29) is 5.91 Å². The summed E-state index contributed by atoms with van der Waals surface area (Å²) < 4.78 is 5.52. The van der Waals surface area contributed by atoms with Gasteiger partial charge >= 0.3 is 0 Å². The third-order valence-electron chi connectivity index (χ3n) is 5.30. The van der Waals surface area contributed by atoms with Gasteiger partial charge in [-0.15, -0.1) is 11.8 Å². The number of quaternary nitrogens is 2. The molecule has 0 saturated carbocycles. The van der Waals surface area contributed by atoms with E-state index in [2.05, 4.69) is 36.5 Å². The van der Waals surface area contributed by atoms with Crippen LogP contribution in [-0.4, -0.2) is 52.0 Å². The number of thioether (sulfide) groups is 1. The number of nitrogens with one attached hydrogen (secondary N) is 3. The first-order valence-corrected chi connectivity index (χ1v) is 11.0. The molecule has 0 bridgehead atoms. The van der Waals surface area contributed by atoms with Gasteiger partial charge in [0.15, 0.2) is 6.54 Å². The summed E-state index contributed by atoms with van der Waals surface area (Å²) in [6, 6.07) is 14.4. The molecule has 5 nitrogen and oxygen atoms in total. The van der Waals surface area contributed by atoms with Gasteiger partial charge in [0.05, 0.1) is 7.11 Å². The van der Waals surface area contributed by atoms with Crippen LogP contribution in [0.15, 0.2) is 47.4 Å². The first-order valence-electron chi connectivity index (χ1n) is 9.82. The molecule has 28 heavy (non-hydrogen) atoms. The second kappa shape index (κ2) is 9.96. The molecule has 0 aromatic heterocycles. The number of anilines is 1. The average molecular weight is 402 g/mol. The van der Waals surface area contributed by atoms with Gasteiger partial charge in [-0.3, -0.25) is 4.79 Å². The molecule has 150 valence electrons. The molecule has 1 aliphatic heterocycles. The highest BCUT2D eigenvalue weighted by atomic mass is 32.2. The molecule has 1 fully saturated rings. The van der Waals surface area contributed by atoms with E-state index < -0.39 is 0 Å². The highest BCUT2D eigenvalue weighted by Gasteiger charge is 2.25. The maximum Gasteiger partial charge on any atom is 0.279 e. The van der Waals surface area contributed by atoms with Crippen LogP contribution in [0.25, 0.3) is 0 Å². The number of ether oxygens (including phenoxy) is 1. The van der Waals surface area contributed by atoms with Gasteiger partial charge in [0, 0.05) is 16.1 Å². The van der Waals surface area contributed by atoms with Gasteiger partial charge in [-0.25, -0.2) is 0 Å². The Hall–Kier alpha value is -2.02. The number of hydrogen-bond acceptors (Lipinski definition) is 3. The van der Waals surface area contributed by atoms with E-state index in [1.807, 2.05) is 24.5 Å². The van der Waals surface area contributed by atoms with Gasteiger partial charge in [-0.2, -0.15) is 0 Å². The van der Waals surface area contributed by atoms with Gasteiger partial charge in [0.2, 0.25) is 0 Å². The third kappa shape index (κ3) is 5.74. The second-order valence-corrected chi connectivity index (χ2v) is 8.33. The lowest BCUT2D eigenvalue weighted by molar-refractivity contribution is -1.02. The quantitative estimate of drug-likeness (QED) is 0.597. The lowest BCUT2D eigenvalue weighted by Gasteiger charge is -2.29. The lowest BCUT2D eigenvalue weighted by Crippen LogP contribution is -3.28. The molecule has 0 atom stereocenters. The number of piperazine rings is 1. The van der Waals surface area contributed by atoms with Crippen LogP contribution in [-0.2, 0) is 11.3 Å². The minimum atomic E-state index is 0.0945. The van der Waals surface area contributed by atoms with E-state index in [1.165, 1.54) is 16.0 Å². The molecule has 3 N–H and O–H groups in total. The van der Waals surface area contributed by atoms with Crippen molar-refractivity contribution in [2.75, 3.05) is 51.4 Å². The molecule has 1 aliphatic rings. The van der Waals surface area contributed by atoms with E-state index in [0.29, 0.717) is 6.54 Å². The minimum Gasteiger partial charge on any atom is -0.496 e. The lowest BCUT2D eigenvalue weighted by atomic mass is 10.1. The molecule has 1 heterocycles. The van der Waals surface area contributed by atoms with Crippen LogP contribution in [0.5, 0.6) is 5.75 Å². The third-order valence-corrected chi connectivity index (χ3v) is 6.03. The zero-order chi connectivity index (χ0) is 19.9. The molecule has 2 aromatic carbocycles. The summed E-state index contributed by atoms with van der Waals surface area (Å²) in [4.78, 5) is 16.5. The molecule has 1 amide bonds. The summed E-state index contributed by atoms with van der Waals surface area (Å²) in [5.74, 6) is 1.07. The summed E-state index contributed by atoms with van der Waals surface area (Å²) in [5.41, 5.74) is 3.42.